The number of halogens is 1. The van der Waals surface area contributed by atoms with Gasteiger partial charge in [-0.2, -0.15) is 0 Å². The molecule has 36 heavy (non-hydrogen) atoms. The summed E-state index contributed by atoms with van der Waals surface area (Å²) >= 11 is 5.89. The molecule has 1 aromatic heterocycles. The first kappa shape index (κ1) is 26.2. The summed E-state index contributed by atoms with van der Waals surface area (Å²) in [4.78, 5) is 43.0. The lowest BCUT2D eigenvalue weighted by molar-refractivity contribution is -0.139. The monoisotopic (exact) mass is 536 g/mol. The molecule has 194 valence electrons. The number of imidazole rings is 1. The van der Waals surface area contributed by atoms with Crippen LogP contribution >= 0.6 is 11.6 Å². The molecule has 1 aliphatic carbocycles. The number of nitrogens with zero attached hydrogens (tertiary/aromatic N) is 3. The summed E-state index contributed by atoms with van der Waals surface area (Å²) in [6.07, 6.45) is 3.43. The van der Waals surface area contributed by atoms with Gasteiger partial charge in [0.25, 0.3) is 11.8 Å². The van der Waals surface area contributed by atoms with E-state index in [1.165, 1.54) is 24.9 Å². The molecule has 1 aromatic carbocycles. The van der Waals surface area contributed by atoms with Crippen LogP contribution in [-0.2, 0) is 27.6 Å². The standard InChI is InChI=1S/C24H29ClN4O6S/c1-23(2,22(32)33)36(34,35)24(9-10-24)15-28-12-13-29-18(21(28)31)14-27-19(29)20(30)26-11-3-4-16-5-7-17(25)8-6-16/h5-8,14H,3-4,9-13,15H2,1-2H3,(H,26,30)(H,32,33). The van der Waals surface area contributed by atoms with Gasteiger partial charge < -0.3 is 19.9 Å². The van der Waals surface area contributed by atoms with E-state index in [9.17, 15) is 27.9 Å². The Kier molecular flexibility index (Phi) is 6.91. The molecule has 2 N–H and O–H groups in total. The van der Waals surface area contributed by atoms with Crippen molar-refractivity contribution in [3.8, 4) is 0 Å². The lowest BCUT2D eigenvalue weighted by atomic mass is 10.1. The van der Waals surface area contributed by atoms with Gasteiger partial charge in [-0.15, -0.1) is 0 Å². The van der Waals surface area contributed by atoms with Crippen molar-refractivity contribution < 1.29 is 27.9 Å². The second-order valence-corrected chi connectivity index (χ2v) is 13.2. The van der Waals surface area contributed by atoms with Crippen molar-refractivity contribution in [1.82, 2.24) is 19.8 Å². The number of aryl methyl sites for hydroxylation is 1. The van der Waals surface area contributed by atoms with Gasteiger partial charge in [-0.3, -0.25) is 14.4 Å². The number of rotatable bonds is 10. The first-order valence-corrected chi connectivity index (χ1v) is 13.6. The maximum atomic E-state index is 13.1. The Hall–Kier alpha value is -2.92. The Morgan fingerprint density at radius 3 is 2.47 bits per heavy atom. The van der Waals surface area contributed by atoms with Gasteiger partial charge in [0.2, 0.25) is 0 Å². The molecule has 2 heterocycles. The quantitative estimate of drug-likeness (QED) is 0.444. The predicted octanol–water partition coefficient (Wildman–Crippen LogP) is 2.17. The van der Waals surface area contributed by atoms with Gasteiger partial charge in [0.1, 0.15) is 5.69 Å². The SMILES string of the molecule is CC(C)(C(=O)O)S(=O)(=O)C1(CN2CCn3c(cnc3C(=O)NCCCc3ccc(Cl)cc3)C2=O)CC1. The normalized spacial score (nSPS) is 17.0. The molecule has 4 rings (SSSR count). The molecule has 0 bridgehead atoms. The molecule has 0 radical (unpaired) electrons. The van der Waals surface area contributed by atoms with Crippen LogP contribution in [0.2, 0.25) is 5.02 Å². The van der Waals surface area contributed by atoms with Crippen LogP contribution in [0.25, 0.3) is 0 Å². The zero-order valence-corrected chi connectivity index (χ0v) is 21.7. The number of carbonyl (C=O) groups is 3. The number of sulfone groups is 1. The maximum Gasteiger partial charge on any atom is 0.324 e. The van der Waals surface area contributed by atoms with E-state index in [0.717, 1.165) is 18.4 Å². The summed E-state index contributed by atoms with van der Waals surface area (Å²) < 4.78 is 24.6. The Bertz CT molecular complexity index is 1300. The average molecular weight is 537 g/mol. The van der Waals surface area contributed by atoms with Crippen LogP contribution in [0.3, 0.4) is 0 Å². The topological polar surface area (TPSA) is 139 Å². The molecule has 0 spiro atoms. The molecular weight excluding hydrogens is 508 g/mol. The fraction of sp³-hybridized carbons (Fsp3) is 0.500. The lowest BCUT2D eigenvalue weighted by Crippen LogP contribution is -2.53. The second-order valence-electron chi connectivity index (χ2n) is 9.83. The Morgan fingerprint density at radius 2 is 1.86 bits per heavy atom. The van der Waals surface area contributed by atoms with Crippen LogP contribution < -0.4 is 5.32 Å². The van der Waals surface area contributed by atoms with Crippen LogP contribution in [0.5, 0.6) is 0 Å². The van der Waals surface area contributed by atoms with E-state index in [1.54, 1.807) is 4.57 Å². The van der Waals surface area contributed by atoms with E-state index in [2.05, 4.69) is 10.3 Å². The highest BCUT2D eigenvalue weighted by Crippen LogP contribution is 2.49. The molecule has 0 atom stereocenters. The molecule has 1 aliphatic heterocycles. The molecule has 10 nitrogen and oxygen atoms in total. The zero-order chi connectivity index (χ0) is 26.3. The van der Waals surface area contributed by atoms with Crippen molar-refractivity contribution in [2.24, 2.45) is 0 Å². The molecule has 2 aromatic rings. The van der Waals surface area contributed by atoms with Gasteiger partial charge in [-0.25, -0.2) is 13.4 Å². The van der Waals surface area contributed by atoms with Gasteiger partial charge in [-0.05, 0) is 57.2 Å². The average Bonchev–Trinajstić information content (AvgIpc) is 3.49. The molecule has 0 unspecified atom stereocenters. The van der Waals surface area contributed by atoms with Crippen molar-refractivity contribution >= 4 is 39.2 Å². The van der Waals surface area contributed by atoms with E-state index in [-0.39, 0.29) is 37.1 Å². The number of carboxylic acids is 1. The summed E-state index contributed by atoms with van der Waals surface area (Å²) in [5.74, 6) is -2.10. The smallest absolute Gasteiger partial charge is 0.324 e. The molecule has 1 saturated carbocycles. The first-order valence-electron chi connectivity index (χ1n) is 11.7. The number of carboxylic acid groups (broad SMARTS) is 1. The minimum absolute atomic E-state index is 0.0811. The minimum Gasteiger partial charge on any atom is -0.480 e. The number of hydrogen-bond donors (Lipinski definition) is 2. The van der Waals surface area contributed by atoms with Gasteiger partial charge in [0, 0.05) is 31.2 Å². The number of fused-ring (bicyclic) bond motifs is 1. The third-order valence-electron chi connectivity index (χ3n) is 7.04. The highest BCUT2D eigenvalue weighted by Gasteiger charge is 2.63. The number of aliphatic carboxylic acids is 1. The molecule has 1 fully saturated rings. The van der Waals surface area contributed by atoms with E-state index in [0.29, 0.717) is 24.4 Å². The second kappa shape index (κ2) is 9.51. The fourth-order valence-corrected chi connectivity index (χ4v) is 6.87. The molecule has 12 heteroatoms. The number of carbonyl (C=O) groups excluding carboxylic acids is 2. The summed E-state index contributed by atoms with van der Waals surface area (Å²) in [6.45, 7) is 3.19. The van der Waals surface area contributed by atoms with Gasteiger partial charge in [0.15, 0.2) is 20.4 Å². The molecule has 0 saturated heterocycles. The number of nitrogens with one attached hydrogen (secondary N) is 1. The largest absolute Gasteiger partial charge is 0.480 e. The molecule has 2 amide bonds. The maximum absolute atomic E-state index is 13.1. The van der Waals surface area contributed by atoms with E-state index in [1.807, 2.05) is 24.3 Å². The van der Waals surface area contributed by atoms with Crippen molar-refractivity contribution in [3.05, 3.63) is 52.6 Å². The van der Waals surface area contributed by atoms with Crippen LogP contribution in [-0.4, -0.2) is 74.9 Å². The third kappa shape index (κ3) is 4.61. The van der Waals surface area contributed by atoms with Crippen molar-refractivity contribution in [2.75, 3.05) is 19.6 Å². The third-order valence-corrected chi connectivity index (χ3v) is 10.5. The summed E-state index contributed by atoms with van der Waals surface area (Å²) in [7, 11) is -4.06. The van der Waals surface area contributed by atoms with E-state index < -0.39 is 31.2 Å². The van der Waals surface area contributed by atoms with E-state index >= 15 is 0 Å². The summed E-state index contributed by atoms with van der Waals surface area (Å²) in [5.41, 5.74) is 1.32. The fourth-order valence-electron chi connectivity index (χ4n) is 4.47. The highest BCUT2D eigenvalue weighted by atomic mass is 35.5. The van der Waals surface area contributed by atoms with Crippen molar-refractivity contribution in [1.29, 1.82) is 0 Å². The lowest BCUT2D eigenvalue weighted by Gasteiger charge is -2.34. The number of aromatic nitrogens is 2. The summed E-state index contributed by atoms with van der Waals surface area (Å²) in [6, 6.07) is 7.51. The van der Waals surface area contributed by atoms with Crippen molar-refractivity contribution in [2.45, 2.75) is 55.6 Å². The van der Waals surface area contributed by atoms with Gasteiger partial charge >= 0.3 is 5.97 Å². The molecule has 2 aliphatic rings. The Labute approximate surface area is 214 Å². The minimum atomic E-state index is -4.06. The van der Waals surface area contributed by atoms with Crippen LogP contribution in [0.1, 0.15) is 59.8 Å². The highest BCUT2D eigenvalue weighted by molar-refractivity contribution is 7.95. The van der Waals surface area contributed by atoms with Gasteiger partial charge in [-0.1, -0.05) is 23.7 Å². The number of benzene rings is 1. The Balaban J connectivity index is 1.38. The van der Waals surface area contributed by atoms with Crippen LogP contribution in [0.15, 0.2) is 30.5 Å². The van der Waals surface area contributed by atoms with Crippen LogP contribution in [0, 0.1) is 0 Å². The Morgan fingerprint density at radius 1 is 1.19 bits per heavy atom. The predicted molar refractivity (Wildman–Crippen MR) is 133 cm³/mol. The zero-order valence-electron chi connectivity index (χ0n) is 20.2. The first-order chi connectivity index (χ1) is 16.9. The number of hydrogen-bond acceptors (Lipinski definition) is 6. The summed E-state index contributed by atoms with van der Waals surface area (Å²) in [5, 5.41) is 12.9. The van der Waals surface area contributed by atoms with Gasteiger partial charge in [0.05, 0.1) is 10.9 Å². The van der Waals surface area contributed by atoms with E-state index in [4.69, 9.17) is 11.6 Å². The molecular formula is C24H29ClN4O6S. The van der Waals surface area contributed by atoms with Crippen LogP contribution in [0.4, 0.5) is 0 Å². The van der Waals surface area contributed by atoms with Crippen molar-refractivity contribution in [3.63, 3.8) is 0 Å². The number of amides is 2.